The van der Waals surface area contributed by atoms with E-state index in [9.17, 15) is 4.79 Å². The van der Waals surface area contributed by atoms with Gasteiger partial charge in [-0.25, -0.2) is 5.90 Å². The summed E-state index contributed by atoms with van der Waals surface area (Å²) in [5.41, 5.74) is 1.86. The molecule has 0 atom stereocenters. The van der Waals surface area contributed by atoms with Crippen LogP contribution >= 0.6 is 0 Å². The highest BCUT2D eigenvalue weighted by atomic mass is 16.6. The number of hydrogen-bond acceptors (Lipinski definition) is 4. The fourth-order valence-electron chi connectivity index (χ4n) is 1.92. The van der Waals surface area contributed by atoms with E-state index in [4.69, 9.17) is 10.6 Å². The number of nitrogens with two attached hydrogens (primary N) is 1. The van der Waals surface area contributed by atoms with E-state index >= 15 is 0 Å². The van der Waals surface area contributed by atoms with Gasteiger partial charge in [0.2, 0.25) is 0 Å². The van der Waals surface area contributed by atoms with Gasteiger partial charge < -0.3 is 9.57 Å². The molecule has 0 spiro atoms. The summed E-state index contributed by atoms with van der Waals surface area (Å²) in [5, 5.41) is 0. The summed E-state index contributed by atoms with van der Waals surface area (Å²) in [6.07, 6.45) is -0.283. The Balaban J connectivity index is 2.19. The summed E-state index contributed by atoms with van der Waals surface area (Å²) in [5.74, 6) is 4.58. The van der Waals surface area contributed by atoms with Crippen molar-refractivity contribution in [3.63, 3.8) is 0 Å². The monoisotopic (exact) mass is 271 g/mol. The average molecular weight is 271 g/mol. The van der Waals surface area contributed by atoms with E-state index in [1.165, 1.54) is 0 Å². The van der Waals surface area contributed by atoms with E-state index in [2.05, 4.69) is 4.84 Å². The van der Waals surface area contributed by atoms with Gasteiger partial charge in [-0.05, 0) is 11.1 Å². The molecule has 0 saturated heterocycles. The highest BCUT2D eigenvalue weighted by Gasteiger charge is 2.18. The molecule has 0 bridgehead atoms. The lowest BCUT2D eigenvalue weighted by Gasteiger charge is -2.18. The zero-order chi connectivity index (χ0) is 14.2. The highest BCUT2D eigenvalue weighted by molar-refractivity contribution is 5.70. The summed E-state index contributed by atoms with van der Waals surface area (Å²) in [7, 11) is 0. The third-order valence-electron chi connectivity index (χ3n) is 2.88. The van der Waals surface area contributed by atoms with E-state index in [0.29, 0.717) is 0 Å². The Morgan fingerprint density at radius 2 is 1.45 bits per heavy atom. The molecule has 2 aromatic rings. The second kappa shape index (κ2) is 7.43. The van der Waals surface area contributed by atoms with Crippen LogP contribution in [-0.4, -0.2) is 12.6 Å². The van der Waals surface area contributed by atoms with Crippen molar-refractivity contribution in [2.75, 3.05) is 6.61 Å². The van der Waals surface area contributed by atoms with Crippen molar-refractivity contribution in [3.05, 3.63) is 71.8 Å². The predicted octanol–water partition coefficient (Wildman–Crippen LogP) is 2.60. The van der Waals surface area contributed by atoms with Crippen LogP contribution in [0.15, 0.2) is 60.7 Å². The van der Waals surface area contributed by atoms with Gasteiger partial charge in [0.1, 0.15) is 0 Å². The van der Waals surface area contributed by atoms with Crippen LogP contribution in [0.1, 0.15) is 23.7 Å². The van der Waals surface area contributed by atoms with Crippen LogP contribution in [0.5, 0.6) is 0 Å². The average Bonchev–Trinajstić information content (AvgIpc) is 2.52. The summed E-state index contributed by atoms with van der Waals surface area (Å²) in [4.78, 5) is 16.2. The molecule has 0 amide bonds. The van der Waals surface area contributed by atoms with Crippen molar-refractivity contribution in [2.45, 2.75) is 12.5 Å². The number of hydrogen-bond donors (Lipinski definition) is 1. The van der Waals surface area contributed by atoms with E-state index in [1.54, 1.807) is 0 Å². The number of carbonyl (C=O) groups excluding carboxylic acids is 1. The molecule has 4 heteroatoms. The second-order valence-corrected chi connectivity index (χ2v) is 4.31. The molecule has 0 aliphatic carbocycles. The summed E-state index contributed by atoms with van der Waals surface area (Å²) >= 11 is 0. The van der Waals surface area contributed by atoms with Crippen LogP contribution in [0.3, 0.4) is 0 Å². The Morgan fingerprint density at radius 1 is 0.950 bits per heavy atom. The molecular formula is C16H17NO3. The molecular weight excluding hydrogens is 254 g/mol. The van der Waals surface area contributed by atoms with Gasteiger partial charge in [-0.1, -0.05) is 60.7 Å². The van der Waals surface area contributed by atoms with Crippen molar-refractivity contribution in [3.8, 4) is 0 Å². The zero-order valence-corrected chi connectivity index (χ0v) is 11.1. The molecule has 4 nitrogen and oxygen atoms in total. The van der Waals surface area contributed by atoms with Gasteiger partial charge in [-0.15, -0.1) is 0 Å². The van der Waals surface area contributed by atoms with E-state index in [1.807, 2.05) is 60.7 Å². The third-order valence-corrected chi connectivity index (χ3v) is 2.88. The molecule has 0 fully saturated rings. The molecule has 0 saturated carbocycles. The first-order valence-corrected chi connectivity index (χ1v) is 6.42. The molecule has 0 heterocycles. The van der Waals surface area contributed by atoms with Crippen molar-refractivity contribution >= 4 is 5.97 Å². The molecule has 2 rings (SSSR count). The SMILES string of the molecule is NOCCC(=O)OC(c1ccccc1)c1ccccc1. The largest absolute Gasteiger partial charge is 0.452 e. The summed E-state index contributed by atoms with van der Waals surface area (Å²) < 4.78 is 5.55. The van der Waals surface area contributed by atoms with Crippen LogP contribution in [-0.2, 0) is 14.4 Å². The zero-order valence-electron chi connectivity index (χ0n) is 11.1. The maximum absolute atomic E-state index is 11.8. The highest BCUT2D eigenvalue weighted by Crippen LogP contribution is 2.26. The Labute approximate surface area is 118 Å². The topological polar surface area (TPSA) is 61.5 Å². The van der Waals surface area contributed by atoms with Crippen molar-refractivity contribution in [1.29, 1.82) is 0 Å². The lowest BCUT2D eigenvalue weighted by atomic mass is 10.0. The van der Waals surface area contributed by atoms with Crippen molar-refractivity contribution < 1.29 is 14.4 Å². The van der Waals surface area contributed by atoms with Crippen molar-refractivity contribution in [2.24, 2.45) is 5.90 Å². The Kier molecular flexibility index (Phi) is 5.29. The second-order valence-electron chi connectivity index (χ2n) is 4.31. The molecule has 2 aromatic carbocycles. The number of esters is 1. The smallest absolute Gasteiger partial charge is 0.309 e. The summed E-state index contributed by atoms with van der Waals surface area (Å²) in [6, 6.07) is 19.3. The number of ether oxygens (including phenoxy) is 1. The van der Waals surface area contributed by atoms with Gasteiger partial charge in [-0.2, -0.15) is 0 Å². The normalized spacial score (nSPS) is 10.5. The van der Waals surface area contributed by atoms with E-state index in [0.717, 1.165) is 11.1 Å². The standard InChI is InChI=1S/C16H17NO3/c17-19-12-11-15(18)20-16(13-7-3-1-4-8-13)14-9-5-2-6-10-14/h1-10,16H,11-12,17H2. The fourth-order valence-corrected chi connectivity index (χ4v) is 1.92. The number of rotatable bonds is 6. The van der Waals surface area contributed by atoms with Crippen LogP contribution < -0.4 is 5.90 Å². The predicted molar refractivity (Wildman–Crippen MR) is 75.6 cm³/mol. The van der Waals surface area contributed by atoms with Crippen LogP contribution in [0.4, 0.5) is 0 Å². The minimum Gasteiger partial charge on any atom is -0.452 e. The van der Waals surface area contributed by atoms with Gasteiger partial charge in [0.05, 0.1) is 13.0 Å². The molecule has 0 aromatic heterocycles. The van der Waals surface area contributed by atoms with Crippen molar-refractivity contribution in [1.82, 2.24) is 0 Å². The first-order chi connectivity index (χ1) is 9.81. The minimum absolute atomic E-state index is 0.132. The number of carbonyl (C=O) groups is 1. The van der Waals surface area contributed by atoms with Crippen LogP contribution in [0, 0.1) is 0 Å². The Bertz CT molecular complexity index is 488. The molecule has 104 valence electrons. The minimum atomic E-state index is -0.414. The molecule has 20 heavy (non-hydrogen) atoms. The fraction of sp³-hybridized carbons (Fsp3) is 0.188. The lowest BCUT2D eigenvalue weighted by molar-refractivity contribution is -0.148. The molecule has 0 radical (unpaired) electrons. The first kappa shape index (κ1) is 14.2. The van der Waals surface area contributed by atoms with Crippen LogP contribution in [0.2, 0.25) is 0 Å². The first-order valence-electron chi connectivity index (χ1n) is 6.42. The molecule has 2 N–H and O–H groups in total. The Morgan fingerprint density at radius 3 is 1.90 bits per heavy atom. The summed E-state index contributed by atoms with van der Waals surface area (Å²) in [6.45, 7) is 0.148. The maximum Gasteiger partial charge on any atom is 0.309 e. The van der Waals surface area contributed by atoms with Gasteiger partial charge >= 0.3 is 5.97 Å². The van der Waals surface area contributed by atoms with E-state index < -0.39 is 6.10 Å². The van der Waals surface area contributed by atoms with Crippen LogP contribution in [0.25, 0.3) is 0 Å². The Hall–Kier alpha value is -2.17. The van der Waals surface area contributed by atoms with E-state index in [-0.39, 0.29) is 19.0 Å². The van der Waals surface area contributed by atoms with Gasteiger partial charge in [0, 0.05) is 0 Å². The van der Waals surface area contributed by atoms with Gasteiger partial charge in [-0.3, -0.25) is 4.79 Å². The quantitative estimate of drug-likeness (QED) is 0.648. The number of benzene rings is 2. The van der Waals surface area contributed by atoms with Gasteiger partial charge in [0.15, 0.2) is 6.10 Å². The van der Waals surface area contributed by atoms with Gasteiger partial charge in [0.25, 0.3) is 0 Å². The molecule has 0 aliphatic rings. The third kappa shape index (κ3) is 3.91. The molecule has 0 unspecified atom stereocenters. The lowest BCUT2D eigenvalue weighted by Crippen LogP contribution is -2.15. The maximum atomic E-state index is 11.8. The molecule has 0 aliphatic heterocycles.